The van der Waals surface area contributed by atoms with Crippen molar-refractivity contribution in [3.05, 3.63) is 29.3 Å². The number of ether oxygens (including phenoxy) is 2. The number of para-hydroxylation sites is 1. The van der Waals surface area contributed by atoms with Crippen LogP contribution in [0, 0.1) is 0 Å². The number of fused-ring (bicyclic) bond motifs is 1. The molecule has 1 aromatic carbocycles. The first-order valence-electron chi connectivity index (χ1n) is 5.81. The Kier molecular flexibility index (Phi) is 3.95. The van der Waals surface area contributed by atoms with E-state index < -0.39 is 12.2 Å². The van der Waals surface area contributed by atoms with Crippen LogP contribution < -0.4 is 10.1 Å². The summed E-state index contributed by atoms with van der Waals surface area (Å²) in [7, 11) is 1.31. The van der Waals surface area contributed by atoms with Crippen molar-refractivity contribution >= 4 is 23.5 Å². The van der Waals surface area contributed by atoms with Gasteiger partial charge in [0.05, 0.1) is 12.5 Å². The molecule has 1 heterocycles. The summed E-state index contributed by atoms with van der Waals surface area (Å²) in [6.45, 7) is 1.38. The smallest absolute Gasteiger partial charge is 0.341 e. The van der Waals surface area contributed by atoms with Crippen molar-refractivity contribution in [3.63, 3.8) is 0 Å². The highest BCUT2D eigenvalue weighted by Gasteiger charge is 2.32. The van der Waals surface area contributed by atoms with E-state index in [-0.39, 0.29) is 11.3 Å². The minimum Gasteiger partial charge on any atom is -0.468 e. The Hall–Kier alpha value is -1.75. The van der Waals surface area contributed by atoms with Gasteiger partial charge >= 0.3 is 5.97 Å². The van der Waals surface area contributed by atoms with Gasteiger partial charge in [0.2, 0.25) is 5.91 Å². The Morgan fingerprint density at radius 3 is 2.84 bits per heavy atom. The van der Waals surface area contributed by atoms with Crippen LogP contribution in [-0.4, -0.2) is 30.6 Å². The van der Waals surface area contributed by atoms with Gasteiger partial charge in [0.15, 0.2) is 6.23 Å². The van der Waals surface area contributed by atoms with Gasteiger partial charge < -0.3 is 14.8 Å². The van der Waals surface area contributed by atoms with Crippen molar-refractivity contribution in [2.24, 2.45) is 0 Å². The second-order valence-corrected chi connectivity index (χ2v) is 4.81. The lowest BCUT2D eigenvalue weighted by Crippen LogP contribution is -2.47. The maximum absolute atomic E-state index is 11.7. The summed E-state index contributed by atoms with van der Waals surface area (Å²) in [6, 6.07) is 5.20. The summed E-state index contributed by atoms with van der Waals surface area (Å²) in [5.41, 5.74) is 1.16. The lowest BCUT2D eigenvalue weighted by Gasteiger charge is -2.31. The molecule has 2 rings (SSSR count). The van der Waals surface area contributed by atoms with Crippen molar-refractivity contribution < 1.29 is 19.1 Å². The van der Waals surface area contributed by atoms with Crippen molar-refractivity contribution in [2.45, 2.75) is 24.9 Å². The number of nitrogens with one attached hydrogen (secondary N) is 1. The molecule has 2 unspecified atom stereocenters. The molecule has 0 aromatic heterocycles. The first-order chi connectivity index (χ1) is 9.02. The predicted molar refractivity (Wildman–Crippen MR) is 69.4 cm³/mol. The number of carbonyl (C=O) groups is 2. The number of amides is 1. The number of methoxy groups -OCH3 is 1. The quantitative estimate of drug-likeness (QED) is 0.659. The van der Waals surface area contributed by atoms with Crippen LogP contribution in [-0.2, 0) is 16.0 Å². The molecule has 0 saturated heterocycles. The Balaban J connectivity index is 2.35. The number of benzene rings is 1. The maximum Gasteiger partial charge on any atom is 0.341 e. The van der Waals surface area contributed by atoms with Crippen molar-refractivity contribution in [2.75, 3.05) is 7.11 Å². The van der Waals surface area contributed by atoms with Crippen molar-refractivity contribution in [1.82, 2.24) is 5.32 Å². The summed E-state index contributed by atoms with van der Waals surface area (Å²) in [5, 5.41) is 2.23. The van der Waals surface area contributed by atoms with Crippen LogP contribution in [0.2, 0.25) is 0 Å². The van der Waals surface area contributed by atoms with Crippen molar-refractivity contribution in [3.8, 4) is 5.75 Å². The van der Waals surface area contributed by atoms with Gasteiger partial charge in [0, 0.05) is 6.92 Å². The van der Waals surface area contributed by atoms with E-state index in [1.165, 1.54) is 14.0 Å². The van der Waals surface area contributed by atoms with E-state index in [1.807, 2.05) is 6.07 Å². The lowest BCUT2D eigenvalue weighted by molar-refractivity contribution is -0.121. The third-order valence-electron chi connectivity index (χ3n) is 2.84. The summed E-state index contributed by atoms with van der Waals surface area (Å²) in [6.07, 6.45) is -0.149. The molecule has 0 saturated carbocycles. The highest BCUT2D eigenvalue weighted by atomic mass is 35.5. The Labute approximate surface area is 115 Å². The molecule has 1 amide bonds. The van der Waals surface area contributed by atoms with Crippen LogP contribution in [0.5, 0.6) is 5.75 Å². The van der Waals surface area contributed by atoms with Crippen LogP contribution >= 0.6 is 11.6 Å². The molecule has 1 aliphatic heterocycles. The highest BCUT2D eigenvalue weighted by molar-refractivity contribution is 6.21. The molecule has 1 aromatic rings. The monoisotopic (exact) mass is 283 g/mol. The molecule has 5 nitrogen and oxygen atoms in total. The summed E-state index contributed by atoms with van der Waals surface area (Å²) >= 11 is 6.16. The van der Waals surface area contributed by atoms with Crippen LogP contribution in [0.1, 0.15) is 22.8 Å². The Morgan fingerprint density at radius 1 is 1.47 bits per heavy atom. The van der Waals surface area contributed by atoms with Gasteiger partial charge in [0.25, 0.3) is 0 Å². The average molecular weight is 284 g/mol. The molecule has 1 aliphatic rings. The second kappa shape index (κ2) is 5.48. The van der Waals surface area contributed by atoms with Gasteiger partial charge in [-0.2, -0.15) is 0 Å². The SMILES string of the molecule is COC(=O)c1cccc2c1OC(NC(C)=O)C(Cl)C2. The van der Waals surface area contributed by atoms with E-state index >= 15 is 0 Å². The molecule has 0 aliphatic carbocycles. The van der Waals surface area contributed by atoms with Gasteiger partial charge in [-0.15, -0.1) is 11.6 Å². The maximum atomic E-state index is 11.7. The van der Waals surface area contributed by atoms with E-state index in [9.17, 15) is 9.59 Å². The molecular weight excluding hydrogens is 270 g/mol. The highest BCUT2D eigenvalue weighted by Crippen LogP contribution is 2.33. The number of alkyl halides is 1. The molecular formula is C13H14ClNO4. The van der Waals surface area contributed by atoms with Gasteiger partial charge in [-0.1, -0.05) is 12.1 Å². The molecule has 6 heteroatoms. The third-order valence-corrected chi connectivity index (χ3v) is 3.22. The van der Waals surface area contributed by atoms with E-state index in [4.69, 9.17) is 21.1 Å². The molecule has 19 heavy (non-hydrogen) atoms. The van der Waals surface area contributed by atoms with E-state index in [1.54, 1.807) is 12.1 Å². The number of hydrogen-bond donors (Lipinski definition) is 1. The number of esters is 1. The predicted octanol–water partition coefficient (Wildman–Crippen LogP) is 1.48. The van der Waals surface area contributed by atoms with Gasteiger partial charge in [0.1, 0.15) is 11.3 Å². The zero-order valence-corrected chi connectivity index (χ0v) is 11.4. The molecule has 102 valence electrons. The van der Waals surface area contributed by atoms with E-state index in [0.717, 1.165) is 5.56 Å². The summed E-state index contributed by atoms with van der Waals surface area (Å²) in [5.74, 6) is -0.300. The average Bonchev–Trinajstić information content (AvgIpc) is 2.37. The van der Waals surface area contributed by atoms with Crippen LogP contribution in [0.4, 0.5) is 0 Å². The minimum absolute atomic E-state index is 0.241. The van der Waals surface area contributed by atoms with Crippen LogP contribution in [0.3, 0.4) is 0 Å². The summed E-state index contributed by atoms with van der Waals surface area (Å²) < 4.78 is 10.4. The fourth-order valence-corrected chi connectivity index (χ4v) is 2.27. The fraction of sp³-hybridized carbons (Fsp3) is 0.385. The normalized spacial score (nSPS) is 21.0. The van der Waals surface area contributed by atoms with E-state index in [0.29, 0.717) is 17.7 Å². The van der Waals surface area contributed by atoms with Gasteiger partial charge in [-0.3, -0.25) is 4.79 Å². The molecule has 1 N–H and O–H groups in total. The van der Waals surface area contributed by atoms with Crippen LogP contribution in [0.15, 0.2) is 18.2 Å². The molecule has 0 bridgehead atoms. The second-order valence-electron chi connectivity index (χ2n) is 4.24. The third kappa shape index (κ3) is 2.81. The Bertz CT molecular complexity index is 517. The minimum atomic E-state index is -0.655. The number of rotatable bonds is 2. The van der Waals surface area contributed by atoms with E-state index in [2.05, 4.69) is 5.32 Å². The molecule has 0 radical (unpaired) electrons. The standard InChI is InChI=1S/C13H14ClNO4/c1-7(16)15-12-10(14)6-8-4-3-5-9(11(8)19-12)13(17)18-2/h3-5,10,12H,6H2,1-2H3,(H,15,16). The number of halogens is 1. The fourth-order valence-electron chi connectivity index (χ4n) is 1.99. The molecule has 0 fully saturated rings. The summed E-state index contributed by atoms with van der Waals surface area (Å²) in [4.78, 5) is 22.8. The molecule has 0 spiro atoms. The number of carbonyl (C=O) groups excluding carboxylic acids is 2. The topological polar surface area (TPSA) is 64.6 Å². The largest absolute Gasteiger partial charge is 0.468 e. The first kappa shape index (κ1) is 13.7. The zero-order valence-electron chi connectivity index (χ0n) is 10.6. The van der Waals surface area contributed by atoms with Gasteiger partial charge in [-0.25, -0.2) is 4.79 Å². The zero-order chi connectivity index (χ0) is 14.0. The van der Waals surface area contributed by atoms with Crippen LogP contribution in [0.25, 0.3) is 0 Å². The Morgan fingerprint density at radius 2 is 2.21 bits per heavy atom. The number of hydrogen-bond acceptors (Lipinski definition) is 4. The first-order valence-corrected chi connectivity index (χ1v) is 6.24. The lowest BCUT2D eigenvalue weighted by atomic mass is 10.0. The van der Waals surface area contributed by atoms with Gasteiger partial charge in [-0.05, 0) is 18.1 Å². The molecule has 2 atom stereocenters. The van der Waals surface area contributed by atoms with Crippen molar-refractivity contribution in [1.29, 1.82) is 0 Å².